The molecule has 0 aliphatic rings. The first-order chi connectivity index (χ1) is 7.69. The number of nitrogens with zero attached hydrogens (tertiary/aromatic N) is 1. The molecule has 0 saturated carbocycles. The lowest BCUT2D eigenvalue weighted by atomic mass is 10.0. The molecule has 86 valence electrons. The molecule has 2 N–H and O–H groups in total. The second kappa shape index (κ2) is 5.87. The zero-order valence-electron chi connectivity index (χ0n) is 8.88. The molecule has 0 fully saturated rings. The topological polar surface area (TPSA) is 79.1 Å². The van der Waals surface area contributed by atoms with E-state index in [1.54, 1.807) is 12.1 Å². The third-order valence-electron chi connectivity index (χ3n) is 1.99. The zero-order chi connectivity index (χ0) is 12.0. The van der Waals surface area contributed by atoms with Crippen molar-refractivity contribution in [2.45, 2.75) is 6.42 Å². The number of hydrogen-bond donors (Lipinski definition) is 2. The summed E-state index contributed by atoms with van der Waals surface area (Å²) >= 11 is 0. The van der Waals surface area contributed by atoms with E-state index in [9.17, 15) is 4.79 Å². The molecule has 0 saturated heterocycles. The van der Waals surface area contributed by atoms with Crippen molar-refractivity contribution in [3.8, 4) is 0 Å². The van der Waals surface area contributed by atoms with Crippen molar-refractivity contribution in [1.82, 2.24) is 0 Å². The van der Waals surface area contributed by atoms with Crippen LogP contribution in [0, 0.1) is 0 Å². The van der Waals surface area contributed by atoms with Crippen molar-refractivity contribution in [1.29, 1.82) is 0 Å². The first kappa shape index (κ1) is 12.2. The molecule has 0 amide bonds. The number of carboxylic acids is 1. The van der Waals surface area contributed by atoms with E-state index in [4.69, 9.17) is 10.2 Å². The smallest absolute Gasteiger partial charge is 0.335 e. The lowest BCUT2D eigenvalue weighted by molar-refractivity contribution is 0.0697. The van der Waals surface area contributed by atoms with Crippen LogP contribution < -0.4 is 0 Å². The molecule has 0 heterocycles. The summed E-state index contributed by atoms with van der Waals surface area (Å²) in [6.07, 6.45) is 0.316. The predicted molar refractivity (Wildman–Crippen MR) is 58.7 cm³/mol. The highest BCUT2D eigenvalue weighted by atomic mass is 16.6. The maximum absolute atomic E-state index is 10.8. The monoisotopic (exact) mass is 223 g/mol. The fraction of sp³-hybridized carbons (Fsp3) is 0.273. The number of carboxylic acid groups (broad SMARTS) is 1. The molecule has 5 nitrogen and oxygen atoms in total. The number of aromatic carboxylic acids is 1. The van der Waals surface area contributed by atoms with Gasteiger partial charge in [-0.05, 0) is 12.1 Å². The average molecular weight is 223 g/mol. The molecule has 0 aliphatic carbocycles. The number of hydrogen-bond acceptors (Lipinski definition) is 4. The Morgan fingerprint density at radius 3 is 2.69 bits per heavy atom. The SMILES string of the molecule is CO/N=C(\CCO)c1cccc(C(=O)O)c1. The summed E-state index contributed by atoms with van der Waals surface area (Å²) in [6.45, 7) is -0.0699. The molecule has 0 radical (unpaired) electrons. The maximum Gasteiger partial charge on any atom is 0.335 e. The number of oxime groups is 1. The van der Waals surface area contributed by atoms with Gasteiger partial charge in [-0.15, -0.1) is 0 Å². The van der Waals surface area contributed by atoms with Crippen LogP contribution in [0.4, 0.5) is 0 Å². The second-order valence-electron chi connectivity index (χ2n) is 3.08. The van der Waals surface area contributed by atoms with Gasteiger partial charge in [-0.25, -0.2) is 4.79 Å². The van der Waals surface area contributed by atoms with Crippen LogP contribution >= 0.6 is 0 Å². The third kappa shape index (κ3) is 3.06. The van der Waals surface area contributed by atoms with Gasteiger partial charge >= 0.3 is 5.97 Å². The summed E-state index contributed by atoms with van der Waals surface area (Å²) < 4.78 is 0. The molecule has 0 bridgehead atoms. The maximum atomic E-state index is 10.8. The molecule has 1 aromatic carbocycles. The van der Waals surface area contributed by atoms with Gasteiger partial charge in [0, 0.05) is 18.6 Å². The van der Waals surface area contributed by atoms with Gasteiger partial charge < -0.3 is 15.1 Å². The Hall–Kier alpha value is -1.88. The Morgan fingerprint density at radius 2 is 2.12 bits per heavy atom. The van der Waals surface area contributed by atoms with Gasteiger partial charge in [0.1, 0.15) is 7.11 Å². The standard InChI is InChI=1S/C11H13NO4/c1-16-12-10(5-6-13)8-3-2-4-9(7-8)11(14)15/h2-4,7,13H,5-6H2,1H3,(H,14,15)/b12-10+. The van der Waals surface area contributed by atoms with E-state index >= 15 is 0 Å². The van der Waals surface area contributed by atoms with Crippen LogP contribution in [0.25, 0.3) is 0 Å². The van der Waals surface area contributed by atoms with Crippen LogP contribution in [0.1, 0.15) is 22.3 Å². The Bertz CT molecular complexity index is 401. The molecule has 5 heteroatoms. The van der Waals surface area contributed by atoms with Gasteiger partial charge in [0.15, 0.2) is 0 Å². The Morgan fingerprint density at radius 1 is 1.44 bits per heavy atom. The highest BCUT2D eigenvalue weighted by molar-refractivity contribution is 6.02. The van der Waals surface area contributed by atoms with Gasteiger partial charge in [0.25, 0.3) is 0 Å². The highest BCUT2D eigenvalue weighted by Gasteiger charge is 2.08. The van der Waals surface area contributed by atoms with Gasteiger partial charge in [0.2, 0.25) is 0 Å². The third-order valence-corrected chi connectivity index (χ3v) is 1.99. The predicted octanol–water partition coefficient (Wildman–Crippen LogP) is 1.12. The van der Waals surface area contributed by atoms with E-state index in [1.807, 2.05) is 0 Å². The highest BCUT2D eigenvalue weighted by Crippen LogP contribution is 2.09. The number of aliphatic hydroxyl groups is 1. The summed E-state index contributed by atoms with van der Waals surface area (Å²) in [5.74, 6) is -0.998. The van der Waals surface area contributed by atoms with E-state index in [1.165, 1.54) is 19.2 Å². The summed E-state index contributed by atoms with van der Waals surface area (Å²) in [7, 11) is 1.40. The average Bonchev–Trinajstić information content (AvgIpc) is 2.29. The fourth-order valence-electron chi connectivity index (χ4n) is 1.29. The Balaban J connectivity index is 3.05. The molecule has 0 aromatic heterocycles. The fourth-order valence-corrected chi connectivity index (χ4v) is 1.29. The van der Waals surface area contributed by atoms with Crippen molar-refractivity contribution in [2.75, 3.05) is 13.7 Å². The van der Waals surface area contributed by atoms with Crippen molar-refractivity contribution < 1.29 is 19.8 Å². The van der Waals surface area contributed by atoms with Crippen LogP contribution in [0.2, 0.25) is 0 Å². The van der Waals surface area contributed by atoms with E-state index in [-0.39, 0.29) is 12.2 Å². The van der Waals surface area contributed by atoms with E-state index in [0.29, 0.717) is 17.7 Å². The van der Waals surface area contributed by atoms with E-state index < -0.39 is 5.97 Å². The molecule has 0 atom stereocenters. The number of aliphatic hydroxyl groups excluding tert-OH is 1. The zero-order valence-corrected chi connectivity index (χ0v) is 8.88. The van der Waals surface area contributed by atoms with Crippen molar-refractivity contribution in [3.05, 3.63) is 35.4 Å². The summed E-state index contributed by atoms with van der Waals surface area (Å²) in [6, 6.07) is 6.34. The summed E-state index contributed by atoms with van der Waals surface area (Å²) in [5, 5.41) is 21.4. The molecule has 1 aromatic rings. The van der Waals surface area contributed by atoms with Gasteiger partial charge in [-0.2, -0.15) is 0 Å². The van der Waals surface area contributed by atoms with Crippen LogP contribution in [0.15, 0.2) is 29.4 Å². The molecule has 16 heavy (non-hydrogen) atoms. The lowest BCUT2D eigenvalue weighted by Gasteiger charge is -2.04. The van der Waals surface area contributed by atoms with E-state index in [2.05, 4.69) is 9.99 Å². The van der Waals surface area contributed by atoms with Crippen LogP contribution in [-0.2, 0) is 4.84 Å². The molecular weight excluding hydrogens is 210 g/mol. The van der Waals surface area contributed by atoms with Gasteiger partial charge in [0.05, 0.1) is 11.3 Å². The minimum Gasteiger partial charge on any atom is -0.478 e. The van der Waals surface area contributed by atoms with Crippen molar-refractivity contribution >= 4 is 11.7 Å². The second-order valence-corrected chi connectivity index (χ2v) is 3.08. The Kier molecular flexibility index (Phi) is 4.47. The quantitative estimate of drug-likeness (QED) is 0.579. The normalized spacial score (nSPS) is 11.2. The molecular formula is C11H13NO4. The first-order valence-electron chi connectivity index (χ1n) is 4.73. The largest absolute Gasteiger partial charge is 0.478 e. The number of carbonyl (C=O) groups is 1. The molecule has 1 rings (SSSR count). The summed E-state index contributed by atoms with van der Waals surface area (Å²) in [5.41, 5.74) is 1.34. The number of rotatable bonds is 5. The van der Waals surface area contributed by atoms with Gasteiger partial charge in [-0.3, -0.25) is 0 Å². The molecule has 0 unspecified atom stereocenters. The van der Waals surface area contributed by atoms with E-state index in [0.717, 1.165) is 0 Å². The lowest BCUT2D eigenvalue weighted by Crippen LogP contribution is -2.06. The first-order valence-corrected chi connectivity index (χ1v) is 4.73. The minimum atomic E-state index is -0.998. The summed E-state index contributed by atoms with van der Waals surface area (Å²) in [4.78, 5) is 15.4. The number of benzene rings is 1. The van der Waals surface area contributed by atoms with Crippen LogP contribution in [0.5, 0.6) is 0 Å². The minimum absolute atomic E-state index is 0.0699. The molecule has 0 aliphatic heterocycles. The van der Waals surface area contributed by atoms with Crippen molar-refractivity contribution in [3.63, 3.8) is 0 Å². The van der Waals surface area contributed by atoms with Crippen molar-refractivity contribution in [2.24, 2.45) is 5.16 Å². The Labute approximate surface area is 93.0 Å². The van der Waals surface area contributed by atoms with Gasteiger partial charge in [-0.1, -0.05) is 17.3 Å². The van der Waals surface area contributed by atoms with Crippen LogP contribution in [0.3, 0.4) is 0 Å². The molecule has 0 spiro atoms. The van der Waals surface area contributed by atoms with Crippen LogP contribution in [-0.4, -0.2) is 35.6 Å².